The number of nitrogens with one attached hydrogen (secondary N) is 1. The molecule has 1 saturated carbocycles. The number of aromatic nitrogens is 1. The summed E-state index contributed by atoms with van der Waals surface area (Å²) < 4.78 is 6.66. The smallest absolute Gasteiger partial charge is 0.184 e. The first-order valence-electron chi connectivity index (χ1n) is 6.41. The van der Waals surface area contributed by atoms with E-state index in [4.69, 9.17) is 4.74 Å². The third kappa shape index (κ3) is 2.35. The first kappa shape index (κ1) is 11.9. The lowest BCUT2D eigenvalue weighted by molar-refractivity contribution is 0.108. The number of ether oxygens (including phenoxy) is 1. The van der Waals surface area contributed by atoms with Crippen LogP contribution in [-0.4, -0.2) is 24.2 Å². The van der Waals surface area contributed by atoms with E-state index in [0.717, 1.165) is 23.5 Å². The molecule has 1 heterocycles. The molecule has 1 N–H and O–H groups in total. The topological polar surface area (TPSA) is 34.1 Å². The van der Waals surface area contributed by atoms with Crippen LogP contribution in [0.5, 0.6) is 0 Å². The van der Waals surface area contributed by atoms with Gasteiger partial charge in [0.2, 0.25) is 0 Å². The Morgan fingerprint density at radius 1 is 1.39 bits per heavy atom. The highest BCUT2D eigenvalue weighted by molar-refractivity contribution is 7.22. The molecule has 3 rings (SSSR count). The van der Waals surface area contributed by atoms with Crippen LogP contribution < -0.4 is 5.32 Å². The van der Waals surface area contributed by atoms with Crippen molar-refractivity contribution < 1.29 is 4.74 Å². The minimum absolute atomic E-state index is 0.416. The normalized spacial score (nSPS) is 23.7. The Hall–Kier alpha value is -1.13. The number of methoxy groups -OCH3 is 1. The first-order valence-corrected chi connectivity index (χ1v) is 7.23. The third-order valence-corrected chi connectivity index (χ3v) is 4.54. The average Bonchev–Trinajstić information content (AvgIpc) is 2.95. The number of thiazole rings is 1. The molecule has 2 aromatic rings. The minimum atomic E-state index is 0.416. The number of rotatable bonds is 3. The summed E-state index contributed by atoms with van der Waals surface area (Å²) in [7, 11) is 1.80. The highest BCUT2D eigenvalue weighted by atomic mass is 32.1. The Labute approximate surface area is 111 Å². The number of benzene rings is 1. The SMILES string of the molecule is COC1CCC(Nc2nc3ccc(C)cc3s2)C1. The van der Waals surface area contributed by atoms with Crippen molar-refractivity contribution in [2.75, 3.05) is 12.4 Å². The van der Waals surface area contributed by atoms with Crippen molar-refractivity contribution in [2.45, 2.75) is 38.3 Å². The fourth-order valence-corrected chi connectivity index (χ4v) is 3.59. The van der Waals surface area contributed by atoms with E-state index >= 15 is 0 Å². The summed E-state index contributed by atoms with van der Waals surface area (Å²) in [6.07, 6.45) is 3.83. The second-order valence-corrected chi connectivity index (χ2v) is 6.03. The fourth-order valence-electron chi connectivity index (χ4n) is 2.55. The summed E-state index contributed by atoms with van der Waals surface area (Å²) >= 11 is 1.74. The monoisotopic (exact) mass is 262 g/mol. The van der Waals surface area contributed by atoms with Crippen molar-refractivity contribution in [1.82, 2.24) is 4.98 Å². The Bertz CT molecular complexity index is 552. The van der Waals surface area contributed by atoms with Crippen LogP contribution >= 0.6 is 11.3 Å². The Balaban J connectivity index is 1.75. The summed E-state index contributed by atoms with van der Waals surface area (Å²) in [4.78, 5) is 4.63. The van der Waals surface area contributed by atoms with E-state index in [-0.39, 0.29) is 0 Å². The van der Waals surface area contributed by atoms with Crippen LogP contribution in [0.2, 0.25) is 0 Å². The second kappa shape index (κ2) is 4.86. The molecule has 1 fully saturated rings. The quantitative estimate of drug-likeness (QED) is 0.918. The van der Waals surface area contributed by atoms with Crippen molar-refractivity contribution in [1.29, 1.82) is 0 Å². The summed E-state index contributed by atoms with van der Waals surface area (Å²) in [5, 5.41) is 4.58. The van der Waals surface area contributed by atoms with Gasteiger partial charge in [-0.05, 0) is 43.9 Å². The molecule has 0 radical (unpaired) electrons. The zero-order valence-corrected chi connectivity index (χ0v) is 11.6. The van der Waals surface area contributed by atoms with E-state index in [1.165, 1.54) is 16.7 Å². The van der Waals surface area contributed by atoms with Crippen LogP contribution in [0.25, 0.3) is 10.2 Å². The van der Waals surface area contributed by atoms with Gasteiger partial charge in [-0.3, -0.25) is 0 Å². The van der Waals surface area contributed by atoms with E-state index in [2.05, 4.69) is 35.4 Å². The molecule has 0 amide bonds. The van der Waals surface area contributed by atoms with Crippen LogP contribution in [0, 0.1) is 6.92 Å². The molecule has 1 aromatic carbocycles. The van der Waals surface area contributed by atoms with Gasteiger partial charge in [0.1, 0.15) is 0 Å². The predicted octanol–water partition coefficient (Wildman–Crippen LogP) is 3.58. The van der Waals surface area contributed by atoms with Crippen LogP contribution in [0.4, 0.5) is 5.13 Å². The van der Waals surface area contributed by atoms with Crippen LogP contribution in [0.1, 0.15) is 24.8 Å². The number of aryl methyl sites for hydroxylation is 1. The van der Waals surface area contributed by atoms with Crippen molar-refractivity contribution in [2.24, 2.45) is 0 Å². The zero-order chi connectivity index (χ0) is 12.5. The largest absolute Gasteiger partial charge is 0.381 e. The lowest BCUT2D eigenvalue weighted by atomic mass is 10.2. The Morgan fingerprint density at radius 2 is 2.28 bits per heavy atom. The summed E-state index contributed by atoms with van der Waals surface area (Å²) in [6.45, 7) is 2.12. The standard InChI is InChI=1S/C14H18N2OS/c1-9-3-6-12-13(7-9)18-14(16-12)15-10-4-5-11(8-10)17-2/h3,6-7,10-11H,4-5,8H2,1-2H3,(H,15,16). The first-order chi connectivity index (χ1) is 8.74. The maximum absolute atomic E-state index is 5.40. The van der Waals surface area contributed by atoms with E-state index in [0.29, 0.717) is 12.1 Å². The van der Waals surface area contributed by atoms with Gasteiger partial charge in [-0.2, -0.15) is 0 Å². The van der Waals surface area contributed by atoms with Crippen LogP contribution in [0.3, 0.4) is 0 Å². The highest BCUT2D eigenvalue weighted by Gasteiger charge is 2.24. The molecular weight excluding hydrogens is 244 g/mol. The molecule has 18 heavy (non-hydrogen) atoms. The summed E-state index contributed by atoms with van der Waals surface area (Å²) in [5.41, 5.74) is 2.38. The molecule has 2 atom stereocenters. The van der Waals surface area contributed by atoms with Gasteiger partial charge in [-0.25, -0.2) is 4.98 Å². The molecule has 2 unspecified atom stereocenters. The van der Waals surface area contributed by atoms with E-state index in [1.807, 2.05) is 0 Å². The van der Waals surface area contributed by atoms with Gasteiger partial charge in [-0.1, -0.05) is 17.4 Å². The van der Waals surface area contributed by atoms with Gasteiger partial charge < -0.3 is 10.1 Å². The van der Waals surface area contributed by atoms with Crippen molar-refractivity contribution in [3.8, 4) is 0 Å². The van der Waals surface area contributed by atoms with E-state index in [9.17, 15) is 0 Å². The van der Waals surface area contributed by atoms with Gasteiger partial charge >= 0.3 is 0 Å². The molecule has 0 aliphatic heterocycles. The van der Waals surface area contributed by atoms with Gasteiger partial charge in [0.15, 0.2) is 5.13 Å². The lowest BCUT2D eigenvalue weighted by Crippen LogP contribution is -2.16. The Morgan fingerprint density at radius 3 is 3.06 bits per heavy atom. The Kier molecular flexibility index (Phi) is 3.22. The van der Waals surface area contributed by atoms with Crippen LogP contribution in [-0.2, 0) is 4.74 Å². The van der Waals surface area contributed by atoms with Crippen molar-refractivity contribution >= 4 is 26.7 Å². The predicted molar refractivity (Wildman–Crippen MR) is 76.4 cm³/mol. The van der Waals surface area contributed by atoms with Crippen molar-refractivity contribution in [3.05, 3.63) is 23.8 Å². The molecule has 96 valence electrons. The molecule has 1 aliphatic rings. The number of anilines is 1. The average molecular weight is 262 g/mol. The van der Waals surface area contributed by atoms with Crippen molar-refractivity contribution in [3.63, 3.8) is 0 Å². The fraction of sp³-hybridized carbons (Fsp3) is 0.500. The molecule has 3 nitrogen and oxygen atoms in total. The van der Waals surface area contributed by atoms with Gasteiger partial charge in [0.25, 0.3) is 0 Å². The number of fused-ring (bicyclic) bond motifs is 1. The summed E-state index contributed by atoms with van der Waals surface area (Å²) in [5.74, 6) is 0. The molecule has 0 saturated heterocycles. The minimum Gasteiger partial charge on any atom is -0.381 e. The molecule has 0 bridgehead atoms. The molecular formula is C14H18N2OS. The maximum Gasteiger partial charge on any atom is 0.184 e. The zero-order valence-electron chi connectivity index (χ0n) is 10.8. The summed E-state index contributed by atoms with van der Waals surface area (Å²) in [6, 6.07) is 6.92. The third-order valence-electron chi connectivity index (χ3n) is 3.59. The van der Waals surface area contributed by atoms with Gasteiger partial charge in [-0.15, -0.1) is 0 Å². The molecule has 4 heteroatoms. The molecule has 1 aromatic heterocycles. The highest BCUT2D eigenvalue weighted by Crippen LogP contribution is 2.30. The van der Waals surface area contributed by atoms with Crippen LogP contribution in [0.15, 0.2) is 18.2 Å². The maximum atomic E-state index is 5.40. The number of hydrogen-bond donors (Lipinski definition) is 1. The number of nitrogens with zero attached hydrogens (tertiary/aromatic N) is 1. The lowest BCUT2D eigenvalue weighted by Gasteiger charge is -2.11. The number of hydrogen-bond acceptors (Lipinski definition) is 4. The molecule has 0 spiro atoms. The van der Waals surface area contributed by atoms with E-state index in [1.54, 1.807) is 18.4 Å². The van der Waals surface area contributed by atoms with E-state index < -0.39 is 0 Å². The van der Waals surface area contributed by atoms with Gasteiger partial charge in [0.05, 0.1) is 16.3 Å². The second-order valence-electron chi connectivity index (χ2n) is 5.00. The molecule has 1 aliphatic carbocycles. The van der Waals surface area contributed by atoms with Gasteiger partial charge in [0, 0.05) is 13.2 Å².